The Bertz CT molecular complexity index is 114. The molecule has 0 amide bonds. The van der Waals surface area contributed by atoms with Crippen molar-refractivity contribution in [3.05, 3.63) is 12.2 Å². The first-order valence-corrected chi connectivity index (χ1v) is 3.71. The number of ether oxygens (including phenoxy) is 1. The summed E-state index contributed by atoms with van der Waals surface area (Å²) in [5, 5.41) is 8.60. The molecule has 1 aliphatic rings. The third kappa shape index (κ3) is 1.82. The fourth-order valence-electron chi connectivity index (χ4n) is 1.20. The summed E-state index contributed by atoms with van der Waals surface area (Å²) in [6.45, 7) is 5.76. The highest BCUT2D eigenvalue weighted by molar-refractivity contribution is 5.01. The van der Waals surface area contributed by atoms with E-state index in [4.69, 9.17) is 9.84 Å². The molecule has 2 nitrogen and oxygen atoms in total. The summed E-state index contributed by atoms with van der Waals surface area (Å²) in [4.78, 5) is 0. The maximum Gasteiger partial charge on any atom is 0.0532 e. The summed E-state index contributed by atoms with van der Waals surface area (Å²) in [6, 6.07) is 0. The topological polar surface area (TPSA) is 29.5 Å². The van der Waals surface area contributed by atoms with Gasteiger partial charge < -0.3 is 9.84 Å². The Morgan fingerprint density at radius 2 is 2.50 bits per heavy atom. The van der Waals surface area contributed by atoms with E-state index in [9.17, 15) is 0 Å². The Hall–Kier alpha value is -0.340. The third-order valence-corrected chi connectivity index (χ3v) is 1.94. The smallest absolute Gasteiger partial charge is 0.0532 e. The first kappa shape index (κ1) is 7.76. The van der Waals surface area contributed by atoms with Gasteiger partial charge in [-0.2, -0.15) is 0 Å². The Morgan fingerprint density at radius 1 is 1.70 bits per heavy atom. The lowest BCUT2D eigenvalue weighted by atomic mass is 9.98. The Balaban J connectivity index is 2.25. The second-order valence-corrected chi connectivity index (χ2v) is 2.69. The van der Waals surface area contributed by atoms with Crippen LogP contribution in [0.2, 0.25) is 0 Å². The molecular weight excluding hydrogens is 128 g/mol. The largest absolute Gasteiger partial charge is 0.396 e. The first-order valence-electron chi connectivity index (χ1n) is 3.71. The van der Waals surface area contributed by atoms with E-state index >= 15 is 0 Å². The summed E-state index contributed by atoms with van der Waals surface area (Å²) in [6.07, 6.45) is 1.81. The van der Waals surface area contributed by atoms with Crippen molar-refractivity contribution >= 4 is 0 Å². The molecule has 0 saturated carbocycles. The highest BCUT2D eigenvalue weighted by Crippen LogP contribution is 2.21. The van der Waals surface area contributed by atoms with Crippen LogP contribution < -0.4 is 0 Å². The Labute approximate surface area is 61.5 Å². The van der Waals surface area contributed by atoms with Crippen molar-refractivity contribution < 1.29 is 9.84 Å². The molecule has 0 aliphatic carbocycles. The van der Waals surface area contributed by atoms with E-state index in [0.717, 1.165) is 31.6 Å². The average Bonchev–Trinajstić information content (AvgIpc) is 2.38. The van der Waals surface area contributed by atoms with E-state index < -0.39 is 0 Å². The SMILES string of the molecule is C=C(CCO)C1CCOC1. The van der Waals surface area contributed by atoms with E-state index in [-0.39, 0.29) is 6.61 Å². The molecule has 1 unspecified atom stereocenters. The van der Waals surface area contributed by atoms with Crippen LogP contribution in [0.3, 0.4) is 0 Å². The van der Waals surface area contributed by atoms with Crippen LogP contribution in [0.15, 0.2) is 12.2 Å². The first-order chi connectivity index (χ1) is 4.84. The molecular formula is C8H14O2. The van der Waals surface area contributed by atoms with Crippen molar-refractivity contribution in [2.45, 2.75) is 12.8 Å². The molecule has 1 fully saturated rings. The second-order valence-electron chi connectivity index (χ2n) is 2.69. The molecule has 58 valence electrons. The lowest BCUT2D eigenvalue weighted by molar-refractivity contribution is 0.189. The van der Waals surface area contributed by atoms with E-state index in [1.54, 1.807) is 0 Å². The normalized spacial score (nSPS) is 25.1. The van der Waals surface area contributed by atoms with Gasteiger partial charge in [0.15, 0.2) is 0 Å². The summed E-state index contributed by atoms with van der Waals surface area (Å²) in [7, 11) is 0. The van der Waals surface area contributed by atoms with Crippen molar-refractivity contribution in [2.24, 2.45) is 5.92 Å². The van der Waals surface area contributed by atoms with Crippen LogP contribution in [0.4, 0.5) is 0 Å². The van der Waals surface area contributed by atoms with Crippen molar-refractivity contribution in [3.8, 4) is 0 Å². The highest BCUT2D eigenvalue weighted by Gasteiger charge is 2.17. The van der Waals surface area contributed by atoms with E-state index in [2.05, 4.69) is 6.58 Å². The molecule has 0 aromatic heterocycles. The van der Waals surface area contributed by atoms with Crippen molar-refractivity contribution in [3.63, 3.8) is 0 Å². The van der Waals surface area contributed by atoms with Crippen LogP contribution >= 0.6 is 0 Å². The van der Waals surface area contributed by atoms with Crippen LogP contribution in [-0.4, -0.2) is 24.9 Å². The zero-order valence-electron chi connectivity index (χ0n) is 6.18. The number of rotatable bonds is 3. The molecule has 1 heterocycles. The lowest BCUT2D eigenvalue weighted by Gasteiger charge is -2.08. The molecule has 1 rings (SSSR count). The number of hydrogen-bond acceptors (Lipinski definition) is 2. The highest BCUT2D eigenvalue weighted by atomic mass is 16.5. The summed E-state index contributed by atoms with van der Waals surface area (Å²) < 4.78 is 5.18. The van der Waals surface area contributed by atoms with Crippen molar-refractivity contribution in [1.29, 1.82) is 0 Å². The molecule has 0 aromatic carbocycles. The second kappa shape index (κ2) is 3.74. The van der Waals surface area contributed by atoms with Gasteiger partial charge in [0.25, 0.3) is 0 Å². The fraction of sp³-hybridized carbons (Fsp3) is 0.750. The van der Waals surface area contributed by atoms with Gasteiger partial charge in [-0.05, 0) is 12.8 Å². The third-order valence-electron chi connectivity index (χ3n) is 1.94. The standard InChI is InChI=1S/C8H14O2/c1-7(2-4-9)8-3-5-10-6-8/h8-9H,1-6H2. The lowest BCUT2D eigenvalue weighted by Crippen LogP contribution is -2.03. The molecule has 0 spiro atoms. The van der Waals surface area contributed by atoms with Crippen LogP contribution in [0.1, 0.15) is 12.8 Å². The minimum Gasteiger partial charge on any atom is -0.396 e. The van der Waals surface area contributed by atoms with Gasteiger partial charge in [-0.1, -0.05) is 12.2 Å². The molecule has 1 atom stereocenters. The number of aliphatic hydroxyl groups is 1. The zero-order valence-corrected chi connectivity index (χ0v) is 6.18. The maximum atomic E-state index is 8.60. The van der Waals surface area contributed by atoms with Crippen molar-refractivity contribution in [2.75, 3.05) is 19.8 Å². The fourth-order valence-corrected chi connectivity index (χ4v) is 1.20. The predicted molar refractivity (Wildman–Crippen MR) is 39.8 cm³/mol. The molecule has 0 aromatic rings. The molecule has 0 bridgehead atoms. The minimum absolute atomic E-state index is 0.218. The summed E-state index contributed by atoms with van der Waals surface area (Å²) >= 11 is 0. The quantitative estimate of drug-likeness (QED) is 0.595. The molecule has 1 N–H and O–H groups in total. The molecule has 0 radical (unpaired) electrons. The van der Waals surface area contributed by atoms with Gasteiger partial charge in [-0.25, -0.2) is 0 Å². The van der Waals surface area contributed by atoms with Crippen LogP contribution in [0.5, 0.6) is 0 Å². The van der Waals surface area contributed by atoms with E-state index in [1.165, 1.54) is 0 Å². The minimum atomic E-state index is 0.218. The Kier molecular flexibility index (Phi) is 2.90. The average molecular weight is 142 g/mol. The number of hydrogen-bond donors (Lipinski definition) is 1. The monoisotopic (exact) mass is 142 g/mol. The van der Waals surface area contributed by atoms with Crippen LogP contribution in [-0.2, 0) is 4.74 Å². The molecule has 1 aliphatic heterocycles. The molecule has 10 heavy (non-hydrogen) atoms. The van der Waals surface area contributed by atoms with E-state index in [1.807, 2.05) is 0 Å². The van der Waals surface area contributed by atoms with Gasteiger partial charge in [-0.3, -0.25) is 0 Å². The summed E-state index contributed by atoms with van der Waals surface area (Å²) in [5.41, 5.74) is 1.14. The van der Waals surface area contributed by atoms with Gasteiger partial charge >= 0.3 is 0 Å². The summed E-state index contributed by atoms with van der Waals surface area (Å²) in [5.74, 6) is 0.507. The predicted octanol–water partition coefficient (Wildman–Crippen LogP) is 0.962. The van der Waals surface area contributed by atoms with Gasteiger partial charge in [-0.15, -0.1) is 0 Å². The van der Waals surface area contributed by atoms with Gasteiger partial charge in [0.1, 0.15) is 0 Å². The van der Waals surface area contributed by atoms with Gasteiger partial charge in [0, 0.05) is 19.1 Å². The number of aliphatic hydroxyl groups excluding tert-OH is 1. The zero-order chi connectivity index (χ0) is 7.40. The Morgan fingerprint density at radius 3 is 3.00 bits per heavy atom. The van der Waals surface area contributed by atoms with Gasteiger partial charge in [0.2, 0.25) is 0 Å². The molecule has 2 heteroatoms. The van der Waals surface area contributed by atoms with Crippen LogP contribution in [0, 0.1) is 5.92 Å². The molecule has 1 saturated heterocycles. The van der Waals surface area contributed by atoms with E-state index in [0.29, 0.717) is 5.92 Å². The van der Waals surface area contributed by atoms with Crippen LogP contribution in [0.25, 0.3) is 0 Å². The van der Waals surface area contributed by atoms with Gasteiger partial charge in [0.05, 0.1) is 6.61 Å². The maximum absolute atomic E-state index is 8.60. The van der Waals surface area contributed by atoms with Crippen molar-refractivity contribution in [1.82, 2.24) is 0 Å².